The summed E-state index contributed by atoms with van der Waals surface area (Å²) in [6.07, 6.45) is -13.6. The largest absolute Gasteiger partial charge is 0.457 e. The first-order valence-corrected chi connectivity index (χ1v) is 12.6. The van der Waals surface area contributed by atoms with Gasteiger partial charge in [-0.2, -0.15) is 35.1 Å². The number of anilines is 2. The second-order valence-electron chi connectivity index (χ2n) is 7.98. The summed E-state index contributed by atoms with van der Waals surface area (Å²) < 4.78 is 135. The highest BCUT2D eigenvalue weighted by molar-refractivity contribution is 14.1. The number of carbonyl (C=O) groups excluding carboxylic acids is 2. The molecule has 0 fully saturated rings. The molecule has 0 saturated heterocycles. The van der Waals surface area contributed by atoms with E-state index in [9.17, 15) is 49.1 Å². The van der Waals surface area contributed by atoms with Crippen LogP contribution in [0.3, 0.4) is 0 Å². The summed E-state index contributed by atoms with van der Waals surface area (Å²) in [7, 11) is 0. The number of amides is 2. The Balaban J connectivity index is 1.97. The average molecular weight is 804 g/mol. The highest BCUT2D eigenvalue weighted by Gasteiger charge is 2.81. The smallest absolute Gasteiger partial charge is 0.320 e. The second-order valence-corrected chi connectivity index (χ2v) is 10.3. The molecule has 2 amide bonds. The van der Waals surface area contributed by atoms with Crippen LogP contribution in [0.5, 0.6) is 0 Å². The van der Waals surface area contributed by atoms with Gasteiger partial charge >= 0.3 is 23.9 Å². The van der Waals surface area contributed by atoms with Crippen molar-refractivity contribution in [3.05, 3.63) is 90.3 Å². The van der Waals surface area contributed by atoms with Crippen LogP contribution in [0.1, 0.15) is 26.3 Å². The van der Waals surface area contributed by atoms with Gasteiger partial charge in [0.1, 0.15) is 0 Å². The molecule has 0 aliphatic carbocycles. The number of rotatable bonds is 6. The highest BCUT2D eigenvalue weighted by Crippen LogP contribution is 2.58. The molecule has 40 heavy (non-hydrogen) atoms. The quantitative estimate of drug-likeness (QED) is 0.194. The maximum Gasteiger partial charge on any atom is 0.457 e. The average Bonchev–Trinajstić information content (AvgIpc) is 2.85. The van der Waals surface area contributed by atoms with Gasteiger partial charge in [-0.25, -0.2) is 8.78 Å². The van der Waals surface area contributed by atoms with E-state index in [1.807, 2.05) is 0 Å². The number of nitrogens with one attached hydrogen (secondary N) is 2. The van der Waals surface area contributed by atoms with E-state index in [1.165, 1.54) is 63.4 Å². The molecule has 0 saturated carbocycles. The molecule has 4 nitrogen and oxygen atoms in total. The van der Waals surface area contributed by atoms with Crippen molar-refractivity contribution >= 4 is 68.4 Å². The van der Waals surface area contributed by atoms with Gasteiger partial charge in [-0.1, -0.05) is 24.3 Å². The lowest BCUT2D eigenvalue weighted by atomic mass is 9.87. The topological polar surface area (TPSA) is 58.2 Å². The Morgan fingerprint density at radius 3 is 1.73 bits per heavy atom. The number of hydrogen-bond donors (Lipinski definition) is 2. The molecule has 16 heteroatoms. The summed E-state index contributed by atoms with van der Waals surface area (Å²) in [4.78, 5) is 25.1. The summed E-state index contributed by atoms with van der Waals surface area (Å²) in [5.41, 5.74) is -9.57. The first-order chi connectivity index (χ1) is 18.3. The van der Waals surface area contributed by atoms with Gasteiger partial charge in [0.2, 0.25) is 0 Å². The summed E-state index contributed by atoms with van der Waals surface area (Å²) >= 11 is 2.38. The predicted octanol–water partition coefficient (Wildman–Crippen LogP) is 8.46. The van der Waals surface area contributed by atoms with E-state index in [1.54, 1.807) is 18.2 Å². The van der Waals surface area contributed by atoms with Crippen LogP contribution < -0.4 is 10.6 Å². The molecular formula is C24H12F10I2N2O2. The first-order valence-electron chi connectivity index (χ1n) is 10.5. The summed E-state index contributed by atoms with van der Waals surface area (Å²) in [5.74, 6) is -10.0. The number of hydrogen-bond acceptors (Lipinski definition) is 2. The minimum atomic E-state index is -6.90. The minimum Gasteiger partial charge on any atom is -0.320 e. The van der Waals surface area contributed by atoms with Gasteiger partial charge < -0.3 is 10.6 Å². The van der Waals surface area contributed by atoms with Crippen molar-refractivity contribution in [2.75, 3.05) is 10.6 Å². The van der Waals surface area contributed by atoms with Crippen molar-refractivity contribution in [3.8, 4) is 0 Å². The van der Waals surface area contributed by atoms with Gasteiger partial charge in [0.05, 0.1) is 16.9 Å². The standard InChI is InChI=1S/C24H12F10I2N2O2/c25-17-13(7-4-8-16(17)37-19(39)11-5-2-1-3-6-11)20(40)38-18-14(35)9-12(10-15(18)36)21(26,23(29,30)31)22(27,28)24(32,33)34/h1-10H,(H,37,39)(H,38,40). The van der Waals surface area contributed by atoms with E-state index >= 15 is 4.39 Å². The highest BCUT2D eigenvalue weighted by atomic mass is 127. The van der Waals surface area contributed by atoms with E-state index < -0.39 is 71.2 Å². The van der Waals surface area contributed by atoms with Crippen molar-refractivity contribution in [1.29, 1.82) is 0 Å². The third-order valence-electron chi connectivity index (χ3n) is 5.39. The third kappa shape index (κ3) is 5.87. The van der Waals surface area contributed by atoms with Gasteiger partial charge in [-0.05, 0) is 81.6 Å². The molecule has 3 aromatic rings. The molecule has 0 spiro atoms. The fraction of sp³-hybridized carbons (Fsp3) is 0.167. The fourth-order valence-electron chi connectivity index (χ4n) is 3.38. The molecule has 1 atom stereocenters. The Bertz CT molecular complexity index is 1420. The fourth-order valence-corrected chi connectivity index (χ4v) is 5.42. The van der Waals surface area contributed by atoms with Gasteiger partial charge in [-0.3, -0.25) is 9.59 Å². The van der Waals surface area contributed by atoms with Crippen LogP contribution in [0.2, 0.25) is 0 Å². The van der Waals surface area contributed by atoms with Crippen LogP contribution in [0.15, 0.2) is 60.7 Å². The second kappa shape index (κ2) is 11.3. The van der Waals surface area contributed by atoms with Crippen molar-refractivity contribution < 1.29 is 53.5 Å². The molecule has 0 radical (unpaired) electrons. The van der Waals surface area contributed by atoms with Crippen LogP contribution >= 0.6 is 45.2 Å². The van der Waals surface area contributed by atoms with Crippen LogP contribution in [0, 0.1) is 13.0 Å². The maximum absolute atomic E-state index is 15.1. The maximum atomic E-state index is 15.1. The number of alkyl halides is 9. The van der Waals surface area contributed by atoms with E-state index in [0.717, 1.165) is 12.1 Å². The van der Waals surface area contributed by atoms with Crippen LogP contribution in [-0.4, -0.2) is 30.1 Å². The molecule has 0 heterocycles. The van der Waals surface area contributed by atoms with Gasteiger partial charge in [-0.15, -0.1) is 0 Å². The van der Waals surface area contributed by atoms with Crippen molar-refractivity contribution in [1.82, 2.24) is 0 Å². The Hall–Kier alpha value is -2.64. The van der Waals surface area contributed by atoms with E-state index in [-0.39, 0.29) is 17.7 Å². The molecule has 0 aromatic heterocycles. The van der Waals surface area contributed by atoms with Crippen LogP contribution in [0.4, 0.5) is 55.3 Å². The van der Waals surface area contributed by atoms with Crippen LogP contribution in [-0.2, 0) is 5.67 Å². The lowest BCUT2D eigenvalue weighted by molar-refractivity contribution is -0.389. The third-order valence-corrected chi connectivity index (χ3v) is 7.09. The zero-order chi connectivity index (χ0) is 30.3. The summed E-state index contributed by atoms with van der Waals surface area (Å²) in [6.45, 7) is 0. The van der Waals surface area contributed by atoms with E-state index in [2.05, 4.69) is 10.6 Å². The lowest BCUT2D eigenvalue weighted by Gasteiger charge is -2.36. The Morgan fingerprint density at radius 1 is 0.675 bits per heavy atom. The SMILES string of the molecule is O=C(Nc1cccc(C(=O)Nc2c(I)cc(C(F)(C(F)(F)F)C(F)(F)C(F)(F)F)cc2I)c1F)c1ccccc1. The molecule has 0 bridgehead atoms. The Morgan fingerprint density at radius 2 is 1.23 bits per heavy atom. The molecule has 3 aromatic carbocycles. The molecule has 1 unspecified atom stereocenters. The number of benzene rings is 3. The molecule has 3 rings (SSSR count). The minimum absolute atomic E-state index is 0.0678. The monoisotopic (exact) mass is 804 g/mol. The van der Waals surface area contributed by atoms with Gasteiger partial charge in [0.15, 0.2) is 5.82 Å². The summed E-state index contributed by atoms with van der Waals surface area (Å²) in [5, 5.41) is 4.38. The molecule has 2 N–H and O–H groups in total. The Labute approximate surface area is 245 Å². The van der Waals surface area contributed by atoms with Gasteiger partial charge in [0.25, 0.3) is 11.8 Å². The van der Waals surface area contributed by atoms with Crippen molar-refractivity contribution in [2.45, 2.75) is 23.9 Å². The lowest BCUT2D eigenvalue weighted by Crippen LogP contribution is -2.59. The predicted molar refractivity (Wildman–Crippen MR) is 140 cm³/mol. The van der Waals surface area contributed by atoms with Crippen molar-refractivity contribution in [3.63, 3.8) is 0 Å². The van der Waals surface area contributed by atoms with E-state index in [4.69, 9.17) is 0 Å². The zero-order valence-electron chi connectivity index (χ0n) is 19.1. The molecule has 0 aliphatic heterocycles. The van der Waals surface area contributed by atoms with Crippen molar-refractivity contribution in [2.24, 2.45) is 0 Å². The van der Waals surface area contributed by atoms with Gasteiger partial charge in [0, 0.05) is 18.3 Å². The zero-order valence-corrected chi connectivity index (χ0v) is 23.4. The normalized spacial score (nSPS) is 13.9. The number of carbonyl (C=O) groups is 2. The molecular weight excluding hydrogens is 792 g/mol. The number of halogens is 12. The summed E-state index contributed by atoms with van der Waals surface area (Å²) in [6, 6.07) is 11.1. The Kier molecular flexibility index (Phi) is 9.03. The molecule has 214 valence electrons. The molecule has 0 aliphatic rings. The first kappa shape index (κ1) is 31.9. The van der Waals surface area contributed by atoms with Crippen LogP contribution in [0.25, 0.3) is 0 Å². The van der Waals surface area contributed by atoms with E-state index in [0.29, 0.717) is 0 Å².